The normalized spacial score (nSPS) is 18.4. The summed E-state index contributed by atoms with van der Waals surface area (Å²) in [5, 5.41) is 8.64. The van der Waals surface area contributed by atoms with E-state index in [4.69, 9.17) is 19.1 Å². The molecule has 0 atom stereocenters. The lowest BCUT2D eigenvalue weighted by molar-refractivity contribution is -0.263. The van der Waals surface area contributed by atoms with Crippen molar-refractivity contribution in [1.82, 2.24) is 0 Å². The second-order valence-corrected chi connectivity index (χ2v) is 7.11. The van der Waals surface area contributed by atoms with E-state index in [0.29, 0.717) is 19.1 Å². The Kier molecular flexibility index (Phi) is 6.96. The summed E-state index contributed by atoms with van der Waals surface area (Å²) in [5.41, 5.74) is 0.956. The van der Waals surface area contributed by atoms with Crippen molar-refractivity contribution in [3.05, 3.63) is 29.8 Å². The van der Waals surface area contributed by atoms with E-state index in [0.717, 1.165) is 12.0 Å². The zero-order valence-electron chi connectivity index (χ0n) is 13.2. The first kappa shape index (κ1) is 19.1. The minimum atomic E-state index is -4.02. The Morgan fingerprint density at radius 1 is 1.18 bits per heavy atom. The Labute approximate surface area is 131 Å². The standard InChI is InChI=1S/C8H16O3.C7H8O3S/c1-8(2)10-5-7(3-4-9)6-11-8;1-6-2-4-7(5-3-6)11(8,9)10/h7,9H,3-6H2,1-2H3;2-5H,1H3,(H,8,9,10). The van der Waals surface area contributed by atoms with Crippen LogP contribution in [0.2, 0.25) is 0 Å². The van der Waals surface area contributed by atoms with Gasteiger partial charge in [-0.05, 0) is 39.3 Å². The van der Waals surface area contributed by atoms with Crippen LogP contribution in [0, 0.1) is 12.8 Å². The highest BCUT2D eigenvalue weighted by Crippen LogP contribution is 2.21. The zero-order valence-corrected chi connectivity index (χ0v) is 14.0. The van der Waals surface area contributed by atoms with E-state index in [2.05, 4.69) is 0 Å². The van der Waals surface area contributed by atoms with Gasteiger partial charge in [0.2, 0.25) is 0 Å². The molecular weight excluding hydrogens is 308 g/mol. The number of rotatable bonds is 3. The van der Waals surface area contributed by atoms with Gasteiger partial charge in [-0.1, -0.05) is 17.7 Å². The predicted molar refractivity (Wildman–Crippen MR) is 82.2 cm³/mol. The SMILES string of the molecule is CC1(C)OCC(CCO)CO1.Cc1ccc(S(=O)(=O)O)cc1. The Morgan fingerprint density at radius 2 is 1.68 bits per heavy atom. The Hall–Kier alpha value is -0.990. The van der Waals surface area contributed by atoms with Crippen molar-refractivity contribution < 1.29 is 27.6 Å². The molecule has 126 valence electrons. The zero-order chi connectivity index (χ0) is 16.8. The maximum Gasteiger partial charge on any atom is 0.294 e. The molecule has 2 N–H and O–H groups in total. The third-order valence-electron chi connectivity index (χ3n) is 3.19. The molecule has 1 aromatic rings. The summed E-state index contributed by atoms with van der Waals surface area (Å²) in [7, 11) is -4.02. The molecule has 0 radical (unpaired) electrons. The van der Waals surface area contributed by atoms with Gasteiger partial charge in [-0.15, -0.1) is 0 Å². The number of aliphatic hydroxyl groups is 1. The Morgan fingerprint density at radius 3 is 2.09 bits per heavy atom. The number of ether oxygens (including phenoxy) is 2. The van der Waals surface area contributed by atoms with Crippen molar-refractivity contribution >= 4 is 10.1 Å². The summed E-state index contributed by atoms with van der Waals surface area (Å²) in [6.07, 6.45) is 0.774. The largest absolute Gasteiger partial charge is 0.396 e. The summed E-state index contributed by atoms with van der Waals surface area (Å²) in [6, 6.07) is 5.99. The molecule has 1 aliphatic rings. The van der Waals surface area contributed by atoms with Gasteiger partial charge in [0.1, 0.15) is 0 Å². The molecule has 1 saturated heterocycles. The van der Waals surface area contributed by atoms with Crippen LogP contribution in [0.4, 0.5) is 0 Å². The third kappa shape index (κ3) is 6.85. The van der Waals surface area contributed by atoms with Crippen LogP contribution in [0.15, 0.2) is 29.2 Å². The lowest BCUT2D eigenvalue weighted by Crippen LogP contribution is -2.39. The maximum absolute atomic E-state index is 10.5. The quantitative estimate of drug-likeness (QED) is 0.823. The fourth-order valence-corrected chi connectivity index (χ4v) is 2.27. The highest BCUT2D eigenvalue weighted by Gasteiger charge is 2.27. The molecule has 0 aliphatic carbocycles. The molecular formula is C15H24O6S. The topological polar surface area (TPSA) is 93.1 Å². The average Bonchev–Trinajstić information content (AvgIpc) is 2.42. The van der Waals surface area contributed by atoms with Gasteiger partial charge in [-0.3, -0.25) is 4.55 Å². The molecule has 0 saturated carbocycles. The number of benzene rings is 1. The van der Waals surface area contributed by atoms with Crippen LogP contribution < -0.4 is 0 Å². The molecule has 1 fully saturated rings. The van der Waals surface area contributed by atoms with Gasteiger partial charge < -0.3 is 14.6 Å². The molecule has 1 aliphatic heterocycles. The van der Waals surface area contributed by atoms with Crippen molar-refractivity contribution in [2.45, 2.75) is 37.9 Å². The molecule has 7 heteroatoms. The smallest absolute Gasteiger partial charge is 0.294 e. The molecule has 22 heavy (non-hydrogen) atoms. The lowest BCUT2D eigenvalue weighted by Gasteiger charge is -2.34. The highest BCUT2D eigenvalue weighted by molar-refractivity contribution is 7.85. The van der Waals surface area contributed by atoms with Gasteiger partial charge >= 0.3 is 0 Å². The van der Waals surface area contributed by atoms with Gasteiger partial charge in [0.25, 0.3) is 10.1 Å². The van der Waals surface area contributed by atoms with E-state index in [9.17, 15) is 8.42 Å². The minimum Gasteiger partial charge on any atom is -0.396 e. The van der Waals surface area contributed by atoms with E-state index in [1.807, 2.05) is 20.8 Å². The molecule has 0 amide bonds. The van der Waals surface area contributed by atoms with Crippen molar-refractivity contribution in [3.63, 3.8) is 0 Å². The van der Waals surface area contributed by atoms with E-state index >= 15 is 0 Å². The Balaban J connectivity index is 0.000000220. The molecule has 1 heterocycles. The summed E-state index contributed by atoms with van der Waals surface area (Å²) in [6.45, 7) is 7.27. The van der Waals surface area contributed by atoms with Crippen LogP contribution in [0.3, 0.4) is 0 Å². The van der Waals surface area contributed by atoms with E-state index in [-0.39, 0.29) is 11.5 Å². The number of aliphatic hydroxyl groups excluding tert-OH is 1. The monoisotopic (exact) mass is 332 g/mol. The van der Waals surface area contributed by atoms with Gasteiger partial charge in [0.05, 0.1) is 18.1 Å². The first-order chi connectivity index (χ1) is 10.1. The molecule has 0 spiro atoms. The fourth-order valence-electron chi connectivity index (χ4n) is 1.79. The summed E-state index contributed by atoms with van der Waals surface area (Å²) in [5.74, 6) is -0.0561. The average molecular weight is 332 g/mol. The summed E-state index contributed by atoms with van der Waals surface area (Å²) >= 11 is 0. The second kappa shape index (κ2) is 8.03. The number of hydrogen-bond acceptors (Lipinski definition) is 5. The van der Waals surface area contributed by atoms with Crippen molar-refractivity contribution in [1.29, 1.82) is 0 Å². The van der Waals surface area contributed by atoms with Gasteiger partial charge in [-0.25, -0.2) is 0 Å². The number of hydrogen-bond donors (Lipinski definition) is 2. The lowest BCUT2D eigenvalue weighted by atomic mass is 10.1. The van der Waals surface area contributed by atoms with Crippen LogP contribution in [-0.2, 0) is 19.6 Å². The molecule has 0 bridgehead atoms. The van der Waals surface area contributed by atoms with Crippen LogP contribution in [0.25, 0.3) is 0 Å². The van der Waals surface area contributed by atoms with Gasteiger partial charge in [0.15, 0.2) is 5.79 Å². The van der Waals surface area contributed by atoms with Crippen molar-refractivity contribution in [2.24, 2.45) is 5.92 Å². The highest BCUT2D eigenvalue weighted by atomic mass is 32.2. The fraction of sp³-hybridized carbons (Fsp3) is 0.600. The van der Waals surface area contributed by atoms with Crippen LogP contribution in [0.5, 0.6) is 0 Å². The van der Waals surface area contributed by atoms with Crippen LogP contribution >= 0.6 is 0 Å². The van der Waals surface area contributed by atoms with E-state index < -0.39 is 15.9 Å². The maximum atomic E-state index is 10.5. The van der Waals surface area contributed by atoms with Crippen LogP contribution in [0.1, 0.15) is 25.8 Å². The predicted octanol–water partition coefficient (Wildman–Crippen LogP) is 2.01. The van der Waals surface area contributed by atoms with Gasteiger partial charge in [-0.2, -0.15) is 8.42 Å². The van der Waals surface area contributed by atoms with E-state index in [1.54, 1.807) is 12.1 Å². The van der Waals surface area contributed by atoms with Crippen molar-refractivity contribution in [2.75, 3.05) is 19.8 Å². The molecule has 1 aromatic carbocycles. The van der Waals surface area contributed by atoms with E-state index in [1.165, 1.54) is 12.1 Å². The van der Waals surface area contributed by atoms with Crippen molar-refractivity contribution in [3.8, 4) is 0 Å². The number of aryl methyl sites for hydroxylation is 1. The summed E-state index contributed by atoms with van der Waals surface area (Å²) < 4.78 is 40.3. The molecule has 0 unspecified atom stereocenters. The molecule has 2 rings (SSSR count). The molecule has 6 nitrogen and oxygen atoms in total. The second-order valence-electron chi connectivity index (χ2n) is 5.69. The summed E-state index contributed by atoms with van der Waals surface area (Å²) in [4.78, 5) is -0.0666. The first-order valence-corrected chi connectivity index (χ1v) is 8.51. The van der Waals surface area contributed by atoms with Gasteiger partial charge in [0, 0.05) is 12.5 Å². The molecule has 0 aromatic heterocycles. The Bertz CT molecular complexity index is 540. The minimum absolute atomic E-state index is 0.0666. The third-order valence-corrected chi connectivity index (χ3v) is 4.06. The first-order valence-electron chi connectivity index (χ1n) is 7.07. The van der Waals surface area contributed by atoms with Crippen LogP contribution in [-0.4, -0.2) is 43.7 Å².